The van der Waals surface area contributed by atoms with E-state index in [-0.39, 0.29) is 101 Å². The van der Waals surface area contributed by atoms with Gasteiger partial charge >= 0.3 is 88.7 Å². The Morgan fingerprint density at radius 3 is 2.48 bits per heavy atom. The summed E-state index contributed by atoms with van der Waals surface area (Å²) in [7, 11) is -11.3. The maximum absolute atomic E-state index is 11.6. The number of nitrogens with two attached hydrogens (primary N) is 1. The van der Waals surface area contributed by atoms with Crippen LogP contribution in [-0.2, 0) is 18.0 Å². The Morgan fingerprint density at radius 1 is 1.27 bits per heavy atom. The van der Waals surface area contributed by atoms with Crippen LogP contribution in [0.5, 0.6) is 0 Å². The van der Waals surface area contributed by atoms with Crippen molar-refractivity contribution < 1.29 is 132 Å². The van der Waals surface area contributed by atoms with Gasteiger partial charge in [0.15, 0.2) is 16.6 Å². The Kier molecular flexibility index (Phi) is 11.7. The van der Waals surface area contributed by atoms with Crippen molar-refractivity contribution in [2.24, 2.45) is 11.3 Å². The molecule has 0 spiro atoms. The third-order valence-electron chi connectivity index (χ3n) is 5.48. The SMILES string of the molecule is CSc1nc(N)c2ncn([C@@H]3C4CC4(COP(=O)([O-])OP(=O)([O-])[O-])[C@@H](O)[C@H]3O)c2n1.[Na+].[Na+].[Na+]. The zero-order valence-electron chi connectivity index (χ0n) is 18.2. The molecule has 3 unspecified atom stereocenters. The molecule has 0 aromatic carbocycles. The molecule has 6 atom stereocenters. The molecule has 2 aromatic rings. The Morgan fingerprint density at radius 2 is 1.91 bits per heavy atom. The second-order valence-corrected chi connectivity index (χ2v) is 10.6. The normalized spacial score (nSPS) is 29.9. The fourth-order valence-corrected chi connectivity index (χ4v) is 6.03. The average molecular weight is 549 g/mol. The first-order chi connectivity index (χ1) is 13.9. The first-order valence-electron chi connectivity index (χ1n) is 8.48. The molecule has 0 amide bonds. The molecule has 0 bridgehead atoms. The predicted octanol–water partition coefficient (Wildman–Crippen LogP) is -11.2. The van der Waals surface area contributed by atoms with Gasteiger partial charge in [0.25, 0.3) is 7.82 Å². The van der Waals surface area contributed by atoms with Crippen molar-refractivity contribution in [3.05, 3.63) is 6.33 Å². The summed E-state index contributed by atoms with van der Waals surface area (Å²) in [5, 5.41) is 21.5. The standard InChI is InChI=1S/C13H19N5O9P2S.3Na/c1-30-12-16-10(14)6-11(17-12)18(4-15-6)7-5-2-13(5,9(20)8(7)19)3-26-29(24,25)27-28(21,22)23;;;/h4-5,7-9,19-20H,2-3H2,1H3,(H,24,25)(H2,14,16,17)(H2,21,22,23);;;/q;3*+1/p-3/t5?,7-,8+,9+,13?;;;/m1.../s1. The summed E-state index contributed by atoms with van der Waals surface area (Å²) in [5.41, 5.74) is 5.36. The molecule has 2 saturated carbocycles. The topological polar surface area (TPSA) is 232 Å². The summed E-state index contributed by atoms with van der Waals surface area (Å²) in [4.78, 5) is 45.2. The number of phosphoric ester groups is 1. The number of fused-ring (bicyclic) bond motifs is 2. The van der Waals surface area contributed by atoms with Gasteiger partial charge in [0.05, 0.1) is 32.9 Å². The number of hydrogen-bond acceptors (Lipinski definition) is 14. The van der Waals surface area contributed by atoms with E-state index in [0.717, 1.165) is 0 Å². The minimum absolute atomic E-state index is 0. The first kappa shape index (κ1) is 32.9. The van der Waals surface area contributed by atoms with E-state index >= 15 is 0 Å². The summed E-state index contributed by atoms with van der Waals surface area (Å²) in [6.45, 7) is -0.674. The number of aromatic nitrogens is 4. The number of aliphatic hydroxyl groups is 2. The van der Waals surface area contributed by atoms with Gasteiger partial charge in [-0.15, -0.1) is 0 Å². The van der Waals surface area contributed by atoms with Crippen LogP contribution in [0.2, 0.25) is 0 Å². The smallest absolute Gasteiger partial charge is 0.790 e. The number of hydrogen-bond donors (Lipinski definition) is 3. The van der Waals surface area contributed by atoms with Crippen LogP contribution < -0.4 is 109 Å². The maximum Gasteiger partial charge on any atom is 1.00 e. The molecule has 0 saturated heterocycles. The van der Waals surface area contributed by atoms with E-state index in [9.17, 15) is 34.0 Å². The van der Waals surface area contributed by atoms with Crippen LogP contribution in [0.4, 0.5) is 5.82 Å². The summed E-state index contributed by atoms with van der Waals surface area (Å²) in [6, 6.07) is -0.727. The zero-order chi connectivity index (χ0) is 22.1. The van der Waals surface area contributed by atoms with Gasteiger partial charge in [-0.1, -0.05) is 11.8 Å². The molecule has 14 nitrogen and oxygen atoms in total. The van der Waals surface area contributed by atoms with Gasteiger partial charge in [0.2, 0.25) is 0 Å². The molecule has 0 aliphatic heterocycles. The summed E-state index contributed by atoms with van der Waals surface area (Å²) in [5.74, 6) is -0.300. The minimum Gasteiger partial charge on any atom is -0.790 e. The average Bonchev–Trinajstić information content (AvgIpc) is 3.13. The minimum atomic E-state index is -5.83. The van der Waals surface area contributed by atoms with E-state index in [0.29, 0.717) is 16.3 Å². The maximum atomic E-state index is 11.6. The molecule has 4 rings (SSSR count). The fraction of sp³-hybridized carbons (Fsp3) is 0.615. The summed E-state index contributed by atoms with van der Waals surface area (Å²) in [6.07, 6.45) is 0.691. The van der Waals surface area contributed by atoms with Crippen molar-refractivity contribution in [2.75, 3.05) is 18.6 Å². The number of thioether (sulfide) groups is 1. The Bertz CT molecular complexity index is 1110. The van der Waals surface area contributed by atoms with Gasteiger partial charge in [-0.3, -0.25) is 8.88 Å². The molecule has 2 aliphatic rings. The van der Waals surface area contributed by atoms with E-state index in [1.807, 2.05) is 0 Å². The van der Waals surface area contributed by atoms with Crippen molar-refractivity contribution in [2.45, 2.75) is 29.8 Å². The van der Waals surface area contributed by atoms with Crippen LogP contribution in [-0.4, -0.2) is 54.8 Å². The van der Waals surface area contributed by atoms with Crippen LogP contribution in [0.3, 0.4) is 0 Å². The van der Waals surface area contributed by atoms with Crippen molar-refractivity contribution in [3.8, 4) is 0 Å². The molecule has 2 aliphatic carbocycles. The third-order valence-corrected chi connectivity index (χ3v) is 8.07. The molecule has 0 radical (unpaired) electrons. The monoisotopic (exact) mass is 549 g/mol. The number of aliphatic hydroxyl groups excluding tert-OH is 2. The molecule has 2 fully saturated rings. The molecule has 4 N–H and O–H groups in total. The Hall–Kier alpha value is 1.88. The molecule has 33 heavy (non-hydrogen) atoms. The Balaban J connectivity index is 0.00000181. The second kappa shape index (κ2) is 11.7. The van der Waals surface area contributed by atoms with Gasteiger partial charge in [0.1, 0.15) is 11.6 Å². The van der Waals surface area contributed by atoms with Crippen molar-refractivity contribution in [3.63, 3.8) is 0 Å². The predicted molar refractivity (Wildman–Crippen MR) is 95.4 cm³/mol. The van der Waals surface area contributed by atoms with E-state index in [2.05, 4.69) is 23.8 Å². The third kappa shape index (κ3) is 6.48. The molecular formula is C13H16N5Na3O9P2S. The van der Waals surface area contributed by atoms with Gasteiger partial charge in [-0.25, -0.2) is 15.0 Å². The molecule has 2 aromatic heterocycles. The summed E-state index contributed by atoms with van der Waals surface area (Å²) < 4.78 is 31.6. The van der Waals surface area contributed by atoms with Gasteiger partial charge in [-0.05, 0) is 18.6 Å². The molecular weight excluding hydrogens is 533 g/mol. The van der Waals surface area contributed by atoms with E-state index in [1.165, 1.54) is 22.7 Å². The number of anilines is 1. The number of imidazole rings is 1. The van der Waals surface area contributed by atoms with E-state index < -0.39 is 51.8 Å². The van der Waals surface area contributed by atoms with Crippen LogP contribution in [0, 0.1) is 11.3 Å². The fourth-order valence-electron chi connectivity index (χ4n) is 4.10. The number of rotatable bonds is 7. The van der Waals surface area contributed by atoms with Crippen LogP contribution >= 0.6 is 27.4 Å². The quantitative estimate of drug-likeness (QED) is 0.126. The molecule has 2 heterocycles. The van der Waals surface area contributed by atoms with Gasteiger partial charge in [-0.2, -0.15) is 0 Å². The van der Waals surface area contributed by atoms with Crippen LogP contribution in [0.1, 0.15) is 12.5 Å². The van der Waals surface area contributed by atoms with Gasteiger partial charge in [0, 0.05) is 5.41 Å². The zero-order valence-corrected chi connectivity index (χ0v) is 26.8. The van der Waals surface area contributed by atoms with Gasteiger partial charge < -0.3 is 44.3 Å². The number of nitrogen functional groups attached to an aromatic ring is 1. The van der Waals surface area contributed by atoms with E-state index in [4.69, 9.17) is 5.73 Å². The Labute approximate surface area is 258 Å². The number of phosphoric acid groups is 2. The molecule has 20 heteroatoms. The van der Waals surface area contributed by atoms with Crippen molar-refractivity contribution in [1.29, 1.82) is 0 Å². The van der Waals surface area contributed by atoms with Crippen LogP contribution in [0.25, 0.3) is 11.2 Å². The van der Waals surface area contributed by atoms with Crippen molar-refractivity contribution in [1.82, 2.24) is 19.5 Å². The largest absolute Gasteiger partial charge is 1.00 e. The van der Waals surface area contributed by atoms with Crippen LogP contribution in [0.15, 0.2) is 11.5 Å². The second-order valence-electron chi connectivity index (χ2n) is 7.14. The van der Waals surface area contributed by atoms with E-state index in [1.54, 1.807) is 6.26 Å². The van der Waals surface area contributed by atoms with Crippen molar-refractivity contribution >= 4 is 44.4 Å². The first-order valence-corrected chi connectivity index (χ1v) is 12.6. The number of nitrogens with zero attached hydrogens (tertiary/aromatic N) is 4. The summed E-state index contributed by atoms with van der Waals surface area (Å²) >= 11 is 1.25. The molecule has 166 valence electrons.